The number of pyridine rings is 2. The Kier molecular flexibility index (Phi) is 2.58. The van der Waals surface area contributed by atoms with E-state index in [1.54, 1.807) is 12.3 Å². The Balaban J connectivity index is 2.62. The van der Waals surface area contributed by atoms with Crippen molar-refractivity contribution in [2.45, 2.75) is 26.2 Å². The highest BCUT2D eigenvalue weighted by Gasteiger charge is 2.15. The Morgan fingerprint density at radius 2 is 2.00 bits per heavy atom. The van der Waals surface area contributed by atoms with Crippen LogP contribution in [0.4, 0.5) is 0 Å². The summed E-state index contributed by atoms with van der Waals surface area (Å²) in [4.78, 5) is 8.71. The SMILES string of the molecule is CC(C)(C)c1ccc2cnc(C(=N)N)cc2n1. The predicted molar refractivity (Wildman–Crippen MR) is 69.3 cm³/mol. The summed E-state index contributed by atoms with van der Waals surface area (Å²) in [5.74, 6) is -0.0325. The highest BCUT2D eigenvalue weighted by molar-refractivity contribution is 5.96. The van der Waals surface area contributed by atoms with Gasteiger partial charge in [-0.3, -0.25) is 15.4 Å². The number of amidine groups is 1. The molecule has 0 bridgehead atoms. The molecule has 4 heteroatoms. The van der Waals surface area contributed by atoms with E-state index in [1.165, 1.54) is 0 Å². The first-order valence-corrected chi connectivity index (χ1v) is 5.49. The van der Waals surface area contributed by atoms with Gasteiger partial charge in [-0.1, -0.05) is 20.8 Å². The highest BCUT2D eigenvalue weighted by atomic mass is 14.8. The van der Waals surface area contributed by atoms with Gasteiger partial charge in [0.2, 0.25) is 0 Å². The van der Waals surface area contributed by atoms with Crippen molar-refractivity contribution in [3.8, 4) is 0 Å². The van der Waals surface area contributed by atoms with Gasteiger partial charge < -0.3 is 5.73 Å². The van der Waals surface area contributed by atoms with E-state index in [1.807, 2.05) is 12.1 Å². The maximum Gasteiger partial charge on any atom is 0.141 e. The van der Waals surface area contributed by atoms with Gasteiger partial charge in [-0.2, -0.15) is 0 Å². The first-order chi connectivity index (χ1) is 7.88. The maximum atomic E-state index is 7.37. The molecule has 0 saturated carbocycles. The zero-order chi connectivity index (χ0) is 12.6. The van der Waals surface area contributed by atoms with E-state index in [2.05, 4.69) is 30.7 Å². The maximum absolute atomic E-state index is 7.37. The van der Waals surface area contributed by atoms with Crippen LogP contribution in [0, 0.1) is 5.41 Å². The molecule has 0 aliphatic rings. The number of hydrogen-bond acceptors (Lipinski definition) is 3. The van der Waals surface area contributed by atoms with Gasteiger partial charge in [-0.05, 0) is 18.2 Å². The van der Waals surface area contributed by atoms with Crippen molar-refractivity contribution in [1.29, 1.82) is 5.41 Å². The lowest BCUT2D eigenvalue weighted by atomic mass is 9.91. The third-order valence-corrected chi connectivity index (χ3v) is 2.62. The van der Waals surface area contributed by atoms with E-state index in [0.29, 0.717) is 5.69 Å². The Labute approximate surface area is 100 Å². The second-order valence-electron chi connectivity index (χ2n) is 5.12. The van der Waals surface area contributed by atoms with Gasteiger partial charge in [0.05, 0.1) is 5.52 Å². The van der Waals surface area contributed by atoms with Crippen LogP contribution in [0.1, 0.15) is 32.2 Å². The van der Waals surface area contributed by atoms with Gasteiger partial charge >= 0.3 is 0 Å². The fourth-order valence-electron chi connectivity index (χ4n) is 1.58. The smallest absolute Gasteiger partial charge is 0.141 e. The van der Waals surface area contributed by atoms with Crippen LogP contribution in [0.2, 0.25) is 0 Å². The number of nitrogens with zero attached hydrogens (tertiary/aromatic N) is 2. The number of fused-ring (bicyclic) bond motifs is 1. The van der Waals surface area contributed by atoms with Crippen molar-refractivity contribution in [2.24, 2.45) is 5.73 Å². The van der Waals surface area contributed by atoms with Crippen molar-refractivity contribution in [3.05, 3.63) is 35.8 Å². The minimum Gasteiger partial charge on any atom is -0.382 e. The molecule has 4 nitrogen and oxygen atoms in total. The third kappa shape index (κ3) is 2.25. The van der Waals surface area contributed by atoms with Gasteiger partial charge in [0.25, 0.3) is 0 Å². The summed E-state index contributed by atoms with van der Waals surface area (Å²) in [6, 6.07) is 5.77. The zero-order valence-electron chi connectivity index (χ0n) is 10.3. The molecular formula is C13H16N4. The summed E-state index contributed by atoms with van der Waals surface area (Å²) in [6.45, 7) is 6.36. The molecule has 0 unspecified atom stereocenters. The molecule has 0 aliphatic heterocycles. The van der Waals surface area contributed by atoms with Gasteiger partial charge in [0, 0.05) is 22.7 Å². The van der Waals surface area contributed by atoms with Crippen LogP contribution in [0.15, 0.2) is 24.4 Å². The minimum atomic E-state index is -0.0325. The van der Waals surface area contributed by atoms with Crippen molar-refractivity contribution in [1.82, 2.24) is 9.97 Å². The fraction of sp³-hybridized carbons (Fsp3) is 0.308. The summed E-state index contributed by atoms with van der Waals surface area (Å²) >= 11 is 0. The number of nitrogen functional groups attached to an aromatic ring is 1. The largest absolute Gasteiger partial charge is 0.382 e. The standard InChI is InChI=1S/C13H16N4/c1-13(2,3)11-5-4-8-7-16-10(12(14)15)6-9(8)17-11/h4-7H,1-3H3,(H3,14,15). The van der Waals surface area contributed by atoms with E-state index < -0.39 is 0 Å². The van der Waals surface area contributed by atoms with Gasteiger partial charge in [0.1, 0.15) is 11.5 Å². The second kappa shape index (κ2) is 3.80. The van der Waals surface area contributed by atoms with Crippen LogP contribution in [0.5, 0.6) is 0 Å². The van der Waals surface area contributed by atoms with Gasteiger partial charge in [0.15, 0.2) is 0 Å². The van der Waals surface area contributed by atoms with Crippen LogP contribution in [0.3, 0.4) is 0 Å². The summed E-state index contributed by atoms with van der Waals surface area (Å²) in [7, 11) is 0. The average molecular weight is 228 g/mol. The molecule has 88 valence electrons. The lowest BCUT2D eigenvalue weighted by molar-refractivity contribution is 0.571. The first-order valence-electron chi connectivity index (χ1n) is 5.49. The highest BCUT2D eigenvalue weighted by Crippen LogP contribution is 2.22. The van der Waals surface area contributed by atoms with E-state index >= 15 is 0 Å². The van der Waals surface area contributed by atoms with Crippen LogP contribution < -0.4 is 5.73 Å². The summed E-state index contributed by atoms with van der Waals surface area (Å²) in [6.07, 6.45) is 1.70. The van der Waals surface area contributed by atoms with Crippen LogP contribution >= 0.6 is 0 Å². The number of nitrogens with one attached hydrogen (secondary N) is 1. The molecule has 0 spiro atoms. The minimum absolute atomic E-state index is 0.00778. The molecule has 2 rings (SSSR count). The zero-order valence-corrected chi connectivity index (χ0v) is 10.3. The summed E-state index contributed by atoms with van der Waals surface area (Å²) in [5, 5.41) is 8.34. The lowest BCUT2D eigenvalue weighted by Gasteiger charge is -2.17. The molecule has 2 heterocycles. The average Bonchev–Trinajstić information content (AvgIpc) is 2.26. The number of rotatable bonds is 1. The normalized spacial score (nSPS) is 11.7. The quantitative estimate of drug-likeness (QED) is 0.580. The Hall–Kier alpha value is -1.97. The van der Waals surface area contributed by atoms with E-state index in [9.17, 15) is 0 Å². The molecule has 0 aromatic carbocycles. The number of aromatic nitrogens is 2. The predicted octanol–water partition coefficient (Wildman–Crippen LogP) is 2.21. The molecule has 0 fully saturated rings. The molecule has 2 aromatic heterocycles. The summed E-state index contributed by atoms with van der Waals surface area (Å²) in [5.41, 5.74) is 7.75. The van der Waals surface area contributed by atoms with E-state index in [4.69, 9.17) is 11.1 Å². The number of hydrogen-bond donors (Lipinski definition) is 2. The fourth-order valence-corrected chi connectivity index (χ4v) is 1.58. The monoisotopic (exact) mass is 228 g/mol. The molecule has 0 atom stereocenters. The van der Waals surface area contributed by atoms with Crippen LogP contribution in [-0.2, 0) is 5.41 Å². The van der Waals surface area contributed by atoms with Crippen molar-refractivity contribution in [3.63, 3.8) is 0 Å². The van der Waals surface area contributed by atoms with E-state index in [0.717, 1.165) is 16.6 Å². The Bertz CT molecular complexity index is 581. The third-order valence-electron chi connectivity index (χ3n) is 2.62. The molecule has 2 aromatic rings. The lowest BCUT2D eigenvalue weighted by Crippen LogP contribution is -2.15. The van der Waals surface area contributed by atoms with Crippen molar-refractivity contribution in [2.75, 3.05) is 0 Å². The molecule has 17 heavy (non-hydrogen) atoms. The molecule has 0 amide bonds. The van der Waals surface area contributed by atoms with E-state index in [-0.39, 0.29) is 11.3 Å². The first kappa shape index (κ1) is 11.5. The molecule has 0 radical (unpaired) electrons. The molecule has 0 aliphatic carbocycles. The van der Waals surface area contributed by atoms with Crippen molar-refractivity contribution >= 4 is 16.7 Å². The molecule has 0 saturated heterocycles. The Morgan fingerprint density at radius 1 is 1.29 bits per heavy atom. The van der Waals surface area contributed by atoms with Crippen LogP contribution in [-0.4, -0.2) is 15.8 Å². The molecule has 3 N–H and O–H groups in total. The summed E-state index contributed by atoms with van der Waals surface area (Å²) < 4.78 is 0. The Morgan fingerprint density at radius 3 is 2.59 bits per heavy atom. The molecular weight excluding hydrogens is 212 g/mol. The van der Waals surface area contributed by atoms with Gasteiger partial charge in [-0.25, -0.2) is 0 Å². The van der Waals surface area contributed by atoms with Crippen molar-refractivity contribution < 1.29 is 0 Å². The van der Waals surface area contributed by atoms with Crippen LogP contribution in [0.25, 0.3) is 10.9 Å². The second-order valence-corrected chi connectivity index (χ2v) is 5.12. The number of nitrogens with two attached hydrogens (primary N) is 1. The topological polar surface area (TPSA) is 75.7 Å². The van der Waals surface area contributed by atoms with Gasteiger partial charge in [-0.15, -0.1) is 0 Å².